The van der Waals surface area contributed by atoms with E-state index < -0.39 is 0 Å². The van der Waals surface area contributed by atoms with Crippen molar-refractivity contribution in [1.29, 1.82) is 0 Å². The number of hydrogen-bond donors (Lipinski definition) is 1. The Morgan fingerprint density at radius 1 is 1.33 bits per heavy atom. The maximum absolute atomic E-state index is 5.95. The first-order valence-electron chi connectivity index (χ1n) is 8.04. The molecule has 4 nitrogen and oxygen atoms in total. The Kier molecular flexibility index (Phi) is 4.66. The van der Waals surface area contributed by atoms with Gasteiger partial charge in [0.05, 0.1) is 12.2 Å². The number of rotatable bonds is 4. The van der Waals surface area contributed by atoms with Crippen LogP contribution >= 0.6 is 0 Å². The fourth-order valence-corrected chi connectivity index (χ4v) is 3.52. The third kappa shape index (κ3) is 3.01. The van der Waals surface area contributed by atoms with Crippen LogP contribution in [0.3, 0.4) is 0 Å². The topological polar surface area (TPSA) is 33.7 Å². The Hall–Kier alpha value is -1.26. The monoisotopic (exact) mass is 290 g/mol. The summed E-state index contributed by atoms with van der Waals surface area (Å²) in [7, 11) is 1.77. The highest BCUT2D eigenvalue weighted by molar-refractivity contribution is 5.69. The highest BCUT2D eigenvalue weighted by Crippen LogP contribution is 2.39. The first-order valence-corrected chi connectivity index (χ1v) is 8.04. The van der Waals surface area contributed by atoms with Crippen molar-refractivity contribution in [1.82, 2.24) is 5.32 Å². The predicted molar refractivity (Wildman–Crippen MR) is 85.7 cm³/mol. The summed E-state index contributed by atoms with van der Waals surface area (Å²) in [5.41, 5.74) is 5.73. The molecular weight excluding hydrogens is 264 g/mol. The van der Waals surface area contributed by atoms with E-state index in [-0.39, 0.29) is 0 Å². The van der Waals surface area contributed by atoms with Crippen molar-refractivity contribution < 1.29 is 9.47 Å². The van der Waals surface area contributed by atoms with Crippen LogP contribution in [0.2, 0.25) is 0 Å². The highest BCUT2D eigenvalue weighted by atomic mass is 16.5. The van der Waals surface area contributed by atoms with Gasteiger partial charge in [-0.2, -0.15) is 0 Å². The fourth-order valence-electron chi connectivity index (χ4n) is 3.52. The minimum Gasteiger partial charge on any atom is -0.490 e. The Bertz CT molecular complexity index is 502. The zero-order chi connectivity index (χ0) is 14.7. The molecule has 0 unspecified atom stereocenters. The SMILES string of the molecule is COCCCN1CCOc2cc3c(c(C)c21)CCNCC3. The van der Waals surface area contributed by atoms with Crippen LogP contribution in [0, 0.1) is 6.92 Å². The summed E-state index contributed by atoms with van der Waals surface area (Å²) < 4.78 is 11.1. The molecule has 0 aromatic heterocycles. The van der Waals surface area contributed by atoms with E-state index in [1.54, 1.807) is 7.11 Å². The van der Waals surface area contributed by atoms with Crippen molar-refractivity contribution in [2.45, 2.75) is 26.2 Å². The number of methoxy groups -OCH3 is 1. The number of hydrogen-bond acceptors (Lipinski definition) is 4. The number of anilines is 1. The van der Waals surface area contributed by atoms with E-state index in [0.29, 0.717) is 0 Å². The van der Waals surface area contributed by atoms with Gasteiger partial charge in [0, 0.05) is 20.3 Å². The zero-order valence-electron chi connectivity index (χ0n) is 13.2. The molecule has 3 rings (SSSR count). The van der Waals surface area contributed by atoms with Crippen molar-refractivity contribution in [3.8, 4) is 5.75 Å². The summed E-state index contributed by atoms with van der Waals surface area (Å²) in [5, 5.41) is 3.49. The molecule has 4 heteroatoms. The average Bonchev–Trinajstić information content (AvgIpc) is 2.73. The third-order valence-corrected chi connectivity index (χ3v) is 4.57. The van der Waals surface area contributed by atoms with Crippen molar-refractivity contribution in [3.63, 3.8) is 0 Å². The second kappa shape index (κ2) is 6.67. The minimum atomic E-state index is 0.788. The van der Waals surface area contributed by atoms with Gasteiger partial charge in [-0.25, -0.2) is 0 Å². The molecule has 1 aromatic carbocycles. The van der Waals surface area contributed by atoms with Gasteiger partial charge in [0.15, 0.2) is 0 Å². The smallest absolute Gasteiger partial charge is 0.143 e. The van der Waals surface area contributed by atoms with Crippen molar-refractivity contribution >= 4 is 5.69 Å². The van der Waals surface area contributed by atoms with Gasteiger partial charge in [-0.3, -0.25) is 0 Å². The molecule has 21 heavy (non-hydrogen) atoms. The minimum absolute atomic E-state index is 0.788. The van der Waals surface area contributed by atoms with Crippen LogP contribution < -0.4 is 15.0 Å². The van der Waals surface area contributed by atoms with Crippen LogP contribution in [0.15, 0.2) is 6.07 Å². The molecule has 0 radical (unpaired) electrons. The van der Waals surface area contributed by atoms with E-state index >= 15 is 0 Å². The maximum Gasteiger partial charge on any atom is 0.143 e. The molecule has 1 aromatic rings. The number of nitrogens with zero attached hydrogens (tertiary/aromatic N) is 1. The molecule has 2 heterocycles. The number of fused-ring (bicyclic) bond motifs is 2. The maximum atomic E-state index is 5.95. The first kappa shape index (κ1) is 14.7. The fraction of sp³-hybridized carbons (Fsp3) is 0.647. The average molecular weight is 290 g/mol. The Labute approximate surface area is 127 Å². The number of ether oxygens (including phenoxy) is 2. The Balaban J connectivity index is 1.92. The predicted octanol–water partition coefficient (Wildman–Crippen LogP) is 1.92. The Morgan fingerprint density at radius 3 is 3.05 bits per heavy atom. The van der Waals surface area contributed by atoms with Crippen LogP contribution in [0.1, 0.15) is 23.1 Å². The van der Waals surface area contributed by atoms with Crippen LogP contribution in [-0.4, -0.2) is 46.5 Å². The number of nitrogens with one attached hydrogen (secondary N) is 1. The van der Waals surface area contributed by atoms with E-state index in [4.69, 9.17) is 9.47 Å². The quantitative estimate of drug-likeness (QED) is 0.859. The molecule has 0 saturated heterocycles. The van der Waals surface area contributed by atoms with E-state index in [0.717, 1.165) is 64.4 Å². The highest BCUT2D eigenvalue weighted by Gasteiger charge is 2.24. The van der Waals surface area contributed by atoms with E-state index in [1.807, 2.05) is 0 Å². The second-order valence-corrected chi connectivity index (χ2v) is 5.92. The van der Waals surface area contributed by atoms with Gasteiger partial charge < -0.3 is 19.7 Å². The zero-order valence-corrected chi connectivity index (χ0v) is 13.2. The molecule has 0 saturated carbocycles. The summed E-state index contributed by atoms with van der Waals surface area (Å²) in [6, 6.07) is 2.28. The lowest BCUT2D eigenvalue weighted by atomic mass is 9.94. The normalized spacial score (nSPS) is 17.7. The lowest BCUT2D eigenvalue weighted by Crippen LogP contribution is -2.35. The van der Waals surface area contributed by atoms with E-state index in [2.05, 4.69) is 23.2 Å². The molecule has 2 aliphatic rings. The summed E-state index contributed by atoms with van der Waals surface area (Å²) in [6.07, 6.45) is 3.30. The number of benzene rings is 1. The van der Waals surface area contributed by atoms with Crippen molar-refractivity contribution in [3.05, 3.63) is 22.8 Å². The van der Waals surface area contributed by atoms with Gasteiger partial charge in [0.25, 0.3) is 0 Å². The first-order chi connectivity index (χ1) is 10.3. The van der Waals surface area contributed by atoms with Crippen LogP contribution in [0.25, 0.3) is 0 Å². The van der Waals surface area contributed by atoms with Gasteiger partial charge in [0.2, 0.25) is 0 Å². The summed E-state index contributed by atoms with van der Waals surface area (Å²) in [6.45, 7) is 8.05. The van der Waals surface area contributed by atoms with Gasteiger partial charge in [0.1, 0.15) is 12.4 Å². The van der Waals surface area contributed by atoms with Crippen molar-refractivity contribution in [2.75, 3.05) is 51.4 Å². The lowest BCUT2D eigenvalue weighted by Gasteiger charge is -2.34. The van der Waals surface area contributed by atoms with Gasteiger partial charge in [-0.1, -0.05) is 0 Å². The third-order valence-electron chi connectivity index (χ3n) is 4.57. The molecule has 0 atom stereocenters. The molecular formula is C17H26N2O2. The molecule has 2 aliphatic heterocycles. The van der Waals surface area contributed by atoms with Crippen LogP contribution in [0.5, 0.6) is 5.75 Å². The van der Waals surface area contributed by atoms with Crippen LogP contribution in [-0.2, 0) is 17.6 Å². The van der Waals surface area contributed by atoms with Crippen LogP contribution in [0.4, 0.5) is 5.69 Å². The molecule has 1 N–H and O–H groups in total. The largest absolute Gasteiger partial charge is 0.490 e. The summed E-state index contributed by atoms with van der Waals surface area (Å²) >= 11 is 0. The summed E-state index contributed by atoms with van der Waals surface area (Å²) in [5.74, 6) is 1.08. The molecule has 0 bridgehead atoms. The standard InChI is InChI=1S/C17H26N2O2/c1-13-15-5-7-18-6-4-14(15)12-16-17(13)19(9-11-21-16)8-3-10-20-2/h12,18H,3-11H2,1-2H3. The molecule has 0 amide bonds. The van der Waals surface area contributed by atoms with Gasteiger partial charge in [-0.15, -0.1) is 0 Å². The lowest BCUT2D eigenvalue weighted by molar-refractivity contribution is 0.195. The van der Waals surface area contributed by atoms with Gasteiger partial charge >= 0.3 is 0 Å². The second-order valence-electron chi connectivity index (χ2n) is 5.92. The van der Waals surface area contributed by atoms with E-state index in [1.165, 1.54) is 22.4 Å². The molecule has 0 spiro atoms. The van der Waals surface area contributed by atoms with Gasteiger partial charge in [-0.05, 0) is 62.0 Å². The van der Waals surface area contributed by atoms with E-state index in [9.17, 15) is 0 Å². The van der Waals surface area contributed by atoms with Crippen molar-refractivity contribution in [2.24, 2.45) is 0 Å². The summed E-state index contributed by atoms with van der Waals surface area (Å²) in [4.78, 5) is 2.48. The molecule has 0 aliphatic carbocycles. The molecule has 0 fully saturated rings. The molecule has 116 valence electrons. The Morgan fingerprint density at radius 2 is 2.19 bits per heavy atom.